The van der Waals surface area contributed by atoms with Crippen molar-refractivity contribution in [3.05, 3.63) is 56.6 Å². The van der Waals surface area contributed by atoms with Gasteiger partial charge >= 0.3 is 5.71 Å². The molecule has 2 unspecified atom stereocenters. The van der Waals surface area contributed by atoms with Crippen LogP contribution in [-0.4, -0.2) is 23.7 Å². The summed E-state index contributed by atoms with van der Waals surface area (Å²) in [6, 6.07) is 9.52. The zero-order valence-electron chi connectivity index (χ0n) is 12.5. The molecule has 0 radical (unpaired) electrons. The molecule has 1 aromatic heterocycles. The van der Waals surface area contributed by atoms with E-state index >= 15 is 0 Å². The highest BCUT2D eigenvalue weighted by molar-refractivity contribution is 7.10. The van der Waals surface area contributed by atoms with Crippen molar-refractivity contribution in [2.45, 2.75) is 12.3 Å². The molecule has 2 atom stereocenters. The Hall–Kier alpha value is -2.28. The molecule has 0 amide bonds. The number of nitrogens with one attached hydrogen (secondary N) is 1. The molecule has 7 nitrogen and oxygen atoms in total. The van der Waals surface area contributed by atoms with Crippen molar-refractivity contribution in [1.82, 2.24) is 0 Å². The van der Waals surface area contributed by atoms with Gasteiger partial charge in [0.2, 0.25) is 11.7 Å². The summed E-state index contributed by atoms with van der Waals surface area (Å²) in [5.74, 6) is 0. The molecule has 1 aromatic carbocycles. The number of fused-ring (bicyclic) bond motifs is 1. The molecule has 122 valence electrons. The fraction of sp³-hybridized carbons (Fsp3) is 0.250. The highest BCUT2D eigenvalue weighted by Gasteiger charge is 2.41. The van der Waals surface area contributed by atoms with Crippen molar-refractivity contribution >= 4 is 28.4 Å². The van der Waals surface area contributed by atoms with Gasteiger partial charge in [-0.15, -0.1) is 16.1 Å². The minimum Gasteiger partial charge on any atom is -0.628 e. The summed E-state index contributed by atoms with van der Waals surface area (Å²) in [6.07, 6.45) is -0.542. The van der Waals surface area contributed by atoms with Crippen molar-refractivity contribution in [2.24, 2.45) is 0 Å². The third-order valence-corrected chi connectivity index (χ3v) is 5.03. The Morgan fingerprint density at radius 2 is 2.08 bits per heavy atom. The van der Waals surface area contributed by atoms with Gasteiger partial charge in [-0.05, 0) is 17.5 Å². The summed E-state index contributed by atoms with van der Waals surface area (Å²) >= 11 is 1.35. The van der Waals surface area contributed by atoms with Crippen molar-refractivity contribution in [2.75, 3.05) is 13.2 Å². The Balaban J connectivity index is 1.83. The molecule has 0 saturated carbocycles. The van der Waals surface area contributed by atoms with Gasteiger partial charge < -0.3 is 25.0 Å². The number of rotatable bonds is 2. The van der Waals surface area contributed by atoms with Crippen LogP contribution in [0.15, 0.2) is 35.7 Å². The first-order chi connectivity index (χ1) is 11.7. The van der Waals surface area contributed by atoms with Gasteiger partial charge in [0.15, 0.2) is 12.4 Å². The number of hydrogen-bond donors (Lipinski definition) is 1. The van der Waals surface area contributed by atoms with Crippen molar-refractivity contribution in [1.29, 1.82) is 5.26 Å². The minimum absolute atomic E-state index is 0.111. The standard InChI is InChI=1S/C16H13N3O4S/c17-9-13-15(14-2-1-7-24-14)19(21)11-4-3-10(8-12(11)18(13)20)16-22-5-6-23-16/h1-4,7-8,15-16,19H,5-6H2. The molecule has 8 heteroatoms. The van der Waals surface area contributed by atoms with Gasteiger partial charge in [-0.1, -0.05) is 6.07 Å². The van der Waals surface area contributed by atoms with Gasteiger partial charge in [0.05, 0.1) is 18.1 Å². The molecule has 24 heavy (non-hydrogen) atoms. The average Bonchev–Trinajstić information content (AvgIpc) is 3.30. The highest BCUT2D eigenvalue weighted by atomic mass is 32.1. The lowest BCUT2D eigenvalue weighted by atomic mass is 10.0. The maximum atomic E-state index is 12.9. The third kappa shape index (κ3) is 2.31. The van der Waals surface area contributed by atoms with E-state index in [1.807, 2.05) is 11.4 Å². The molecule has 2 aliphatic rings. The highest BCUT2D eigenvalue weighted by Crippen LogP contribution is 2.34. The quantitative estimate of drug-likeness (QED) is 0.661. The maximum Gasteiger partial charge on any atom is 0.335 e. The lowest BCUT2D eigenvalue weighted by Gasteiger charge is -2.32. The van der Waals surface area contributed by atoms with E-state index < -0.39 is 12.3 Å². The number of quaternary nitrogens is 1. The lowest BCUT2D eigenvalue weighted by molar-refractivity contribution is -0.808. The number of benzene rings is 1. The summed E-state index contributed by atoms with van der Waals surface area (Å²) in [5.41, 5.74) is 1.03. The van der Waals surface area contributed by atoms with Crippen LogP contribution < -0.4 is 5.06 Å². The van der Waals surface area contributed by atoms with E-state index in [9.17, 15) is 15.7 Å². The summed E-state index contributed by atoms with van der Waals surface area (Å²) in [4.78, 5) is 0.689. The van der Waals surface area contributed by atoms with Crippen LogP contribution in [0.1, 0.15) is 22.8 Å². The summed E-state index contributed by atoms with van der Waals surface area (Å²) in [5, 5.41) is 36.6. The Bertz CT molecular complexity index is 838. The van der Waals surface area contributed by atoms with Crippen LogP contribution in [0.4, 0.5) is 11.4 Å². The molecule has 2 aromatic rings. The second-order valence-electron chi connectivity index (χ2n) is 5.45. The van der Waals surface area contributed by atoms with Crippen molar-refractivity contribution in [3.8, 4) is 6.07 Å². The lowest BCUT2D eigenvalue weighted by Crippen LogP contribution is -3.04. The normalized spacial score (nSPS) is 24.0. The van der Waals surface area contributed by atoms with E-state index in [1.165, 1.54) is 11.3 Å². The molecule has 3 heterocycles. The largest absolute Gasteiger partial charge is 0.628 e. The van der Waals surface area contributed by atoms with E-state index in [4.69, 9.17) is 9.47 Å². The first-order valence-corrected chi connectivity index (χ1v) is 8.27. The van der Waals surface area contributed by atoms with Crippen LogP contribution in [-0.2, 0) is 9.47 Å². The van der Waals surface area contributed by atoms with Crippen LogP contribution in [0, 0.1) is 21.7 Å². The second kappa shape index (κ2) is 5.98. The molecular formula is C16H13N3O4S. The number of hydroxylamine groups is 1. The van der Waals surface area contributed by atoms with Crippen LogP contribution in [0.25, 0.3) is 0 Å². The van der Waals surface area contributed by atoms with E-state index in [-0.39, 0.29) is 16.5 Å². The Labute approximate surface area is 141 Å². The monoisotopic (exact) mass is 343 g/mol. The smallest absolute Gasteiger partial charge is 0.335 e. The first-order valence-electron chi connectivity index (χ1n) is 7.39. The van der Waals surface area contributed by atoms with Crippen LogP contribution >= 0.6 is 11.3 Å². The molecule has 0 bridgehead atoms. The van der Waals surface area contributed by atoms with Crippen LogP contribution in [0.2, 0.25) is 0 Å². The molecule has 4 rings (SSSR count). The molecule has 0 aliphatic carbocycles. The number of nitriles is 1. The molecule has 1 saturated heterocycles. The van der Waals surface area contributed by atoms with Crippen molar-refractivity contribution < 1.29 is 19.3 Å². The fourth-order valence-corrected chi connectivity index (χ4v) is 3.80. The average molecular weight is 343 g/mol. The van der Waals surface area contributed by atoms with Gasteiger partial charge in [0, 0.05) is 17.7 Å². The predicted molar refractivity (Wildman–Crippen MR) is 86.0 cm³/mol. The Morgan fingerprint density at radius 3 is 2.75 bits per heavy atom. The van der Waals surface area contributed by atoms with Crippen LogP contribution in [0.5, 0.6) is 0 Å². The minimum atomic E-state index is -0.843. The second-order valence-corrected chi connectivity index (χ2v) is 6.43. The summed E-state index contributed by atoms with van der Waals surface area (Å²) in [7, 11) is 0. The van der Waals surface area contributed by atoms with Gasteiger partial charge in [-0.2, -0.15) is 5.26 Å². The third-order valence-electron chi connectivity index (χ3n) is 4.10. The molecule has 0 spiro atoms. The number of ether oxygens (including phenoxy) is 2. The molecule has 1 N–H and O–H groups in total. The fourth-order valence-electron chi connectivity index (χ4n) is 2.98. The van der Waals surface area contributed by atoms with Crippen molar-refractivity contribution in [3.63, 3.8) is 0 Å². The van der Waals surface area contributed by atoms with E-state index in [0.717, 1.165) is 0 Å². The number of hydrogen-bond acceptors (Lipinski definition) is 6. The zero-order valence-corrected chi connectivity index (χ0v) is 13.3. The van der Waals surface area contributed by atoms with E-state index in [0.29, 0.717) is 34.1 Å². The number of thiophene rings is 1. The topological polar surface area (TPSA) is 95.8 Å². The molecule has 2 aliphatic heterocycles. The van der Waals surface area contributed by atoms with Crippen LogP contribution in [0.3, 0.4) is 0 Å². The Morgan fingerprint density at radius 1 is 1.29 bits per heavy atom. The maximum absolute atomic E-state index is 12.9. The van der Waals surface area contributed by atoms with Gasteiger partial charge in [0.25, 0.3) is 5.69 Å². The van der Waals surface area contributed by atoms with Gasteiger partial charge in [-0.25, -0.2) is 0 Å². The SMILES string of the molecule is N#CC1=[N+]([O-])c2cc(C3OCCO3)ccc2[NH+]([O-])C1c1cccs1. The molecule has 1 fully saturated rings. The summed E-state index contributed by atoms with van der Waals surface area (Å²) in [6.45, 7) is 0.968. The van der Waals surface area contributed by atoms with Gasteiger partial charge in [-0.3, -0.25) is 0 Å². The van der Waals surface area contributed by atoms with E-state index in [1.54, 1.807) is 30.3 Å². The summed E-state index contributed by atoms with van der Waals surface area (Å²) < 4.78 is 11.4. The predicted octanol–water partition coefficient (Wildman–Crippen LogP) is 1.67. The Kier molecular flexibility index (Phi) is 3.80. The zero-order chi connectivity index (χ0) is 16.7. The number of nitrogens with zero attached hydrogens (tertiary/aromatic N) is 2. The van der Waals surface area contributed by atoms with E-state index in [2.05, 4.69) is 0 Å². The first kappa shape index (κ1) is 15.3. The molecular weight excluding hydrogens is 330 g/mol. The van der Waals surface area contributed by atoms with Gasteiger partial charge in [0.1, 0.15) is 0 Å².